The second-order valence-electron chi connectivity index (χ2n) is 6.47. The van der Waals surface area contributed by atoms with E-state index < -0.39 is 0 Å². The number of rotatable bonds is 7. The lowest BCUT2D eigenvalue weighted by Gasteiger charge is -2.06. The number of hydrogen-bond acceptors (Lipinski definition) is 5. The first kappa shape index (κ1) is 20.1. The van der Waals surface area contributed by atoms with Crippen molar-refractivity contribution in [3.8, 4) is 16.9 Å². The van der Waals surface area contributed by atoms with Crippen LogP contribution in [0, 0.1) is 0 Å². The summed E-state index contributed by atoms with van der Waals surface area (Å²) in [6.07, 6.45) is 5.40. The highest BCUT2D eigenvalue weighted by molar-refractivity contribution is 7.99. The Balaban J connectivity index is 1.29. The standard InChI is InChI=1S/C22H18ClN5OS/c23-18-5-1-16(2-6-18)13-25-21(29)14-30-22-10-9-20(26-27-22)17-3-7-19(8-4-17)28-12-11-24-15-28/h1-12,15H,13-14H2,(H,25,29). The monoisotopic (exact) mass is 435 g/mol. The Morgan fingerprint density at radius 2 is 1.80 bits per heavy atom. The Morgan fingerprint density at radius 1 is 1.00 bits per heavy atom. The van der Waals surface area contributed by atoms with Crippen molar-refractivity contribution in [2.24, 2.45) is 0 Å². The second-order valence-corrected chi connectivity index (χ2v) is 7.90. The lowest BCUT2D eigenvalue weighted by Crippen LogP contribution is -2.24. The van der Waals surface area contributed by atoms with Crippen LogP contribution in [0.25, 0.3) is 16.9 Å². The van der Waals surface area contributed by atoms with E-state index in [4.69, 9.17) is 11.6 Å². The molecule has 2 aromatic heterocycles. The molecule has 30 heavy (non-hydrogen) atoms. The second kappa shape index (κ2) is 9.56. The van der Waals surface area contributed by atoms with E-state index in [1.165, 1.54) is 11.8 Å². The van der Waals surface area contributed by atoms with Gasteiger partial charge in [0.15, 0.2) is 0 Å². The summed E-state index contributed by atoms with van der Waals surface area (Å²) in [5.41, 5.74) is 3.79. The molecule has 150 valence electrons. The van der Waals surface area contributed by atoms with Crippen molar-refractivity contribution in [1.82, 2.24) is 25.1 Å². The van der Waals surface area contributed by atoms with Crippen LogP contribution in [0.4, 0.5) is 0 Å². The highest BCUT2D eigenvalue weighted by atomic mass is 35.5. The first-order valence-electron chi connectivity index (χ1n) is 9.24. The van der Waals surface area contributed by atoms with E-state index in [2.05, 4.69) is 20.5 Å². The van der Waals surface area contributed by atoms with E-state index in [-0.39, 0.29) is 11.7 Å². The quantitative estimate of drug-likeness (QED) is 0.436. The van der Waals surface area contributed by atoms with Crippen LogP contribution >= 0.6 is 23.4 Å². The van der Waals surface area contributed by atoms with Gasteiger partial charge in [-0.3, -0.25) is 4.79 Å². The van der Waals surface area contributed by atoms with Gasteiger partial charge in [0, 0.05) is 35.2 Å². The molecule has 0 bridgehead atoms. The van der Waals surface area contributed by atoms with E-state index in [0.29, 0.717) is 16.6 Å². The molecule has 0 atom stereocenters. The number of hydrogen-bond donors (Lipinski definition) is 1. The number of halogens is 1. The SMILES string of the molecule is O=C(CSc1ccc(-c2ccc(-n3ccnc3)cc2)nn1)NCc1ccc(Cl)cc1. The number of benzene rings is 2. The van der Waals surface area contributed by atoms with E-state index in [0.717, 1.165) is 22.5 Å². The van der Waals surface area contributed by atoms with E-state index in [1.54, 1.807) is 24.7 Å². The third-order valence-electron chi connectivity index (χ3n) is 4.36. The maximum absolute atomic E-state index is 12.1. The van der Waals surface area contributed by atoms with Crippen molar-refractivity contribution in [1.29, 1.82) is 0 Å². The van der Waals surface area contributed by atoms with Gasteiger partial charge in [-0.15, -0.1) is 10.2 Å². The first-order chi connectivity index (χ1) is 14.7. The Morgan fingerprint density at radius 3 is 2.47 bits per heavy atom. The molecule has 0 unspecified atom stereocenters. The molecule has 0 spiro atoms. The van der Waals surface area contributed by atoms with Crippen LogP contribution in [0.15, 0.2) is 84.4 Å². The molecule has 4 aromatic rings. The van der Waals surface area contributed by atoms with Crippen molar-refractivity contribution in [2.45, 2.75) is 11.6 Å². The predicted octanol–water partition coefficient (Wildman–Crippen LogP) is 4.39. The molecule has 2 aromatic carbocycles. The first-order valence-corrected chi connectivity index (χ1v) is 10.6. The molecule has 0 aliphatic carbocycles. The topological polar surface area (TPSA) is 72.7 Å². The fourth-order valence-corrected chi connectivity index (χ4v) is 3.53. The average Bonchev–Trinajstić information content (AvgIpc) is 3.33. The van der Waals surface area contributed by atoms with Crippen molar-refractivity contribution < 1.29 is 4.79 Å². The van der Waals surface area contributed by atoms with Gasteiger partial charge in [-0.2, -0.15) is 0 Å². The molecule has 1 amide bonds. The summed E-state index contributed by atoms with van der Waals surface area (Å²) in [6.45, 7) is 0.468. The van der Waals surface area contributed by atoms with Gasteiger partial charge in [0.1, 0.15) is 5.03 Å². The summed E-state index contributed by atoms with van der Waals surface area (Å²) in [6, 6.07) is 19.2. The van der Waals surface area contributed by atoms with Gasteiger partial charge in [-0.05, 0) is 42.0 Å². The molecule has 4 rings (SSSR count). The van der Waals surface area contributed by atoms with Gasteiger partial charge in [0.05, 0.1) is 17.8 Å². The Labute approximate surface area is 183 Å². The summed E-state index contributed by atoms with van der Waals surface area (Å²) in [4.78, 5) is 16.1. The molecule has 8 heteroatoms. The van der Waals surface area contributed by atoms with Gasteiger partial charge in [0.2, 0.25) is 5.91 Å². The largest absolute Gasteiger partial charge is 0.351 e. The van der Waals surface area contributed by atoms with Crippen molar-refractivity contribution >= 4 is 29.3 Å². The van der Waals surface area contributed by atoms with E-state index >= 15 is 0 Å². The van der Waals surface area contributed by atoms with Gasteiger partial charge in [0.25, 0.3) is 0 Å². The normalized spacial score (nSPS) is 10.7. The fraction of sp³-hybridized carbons (Fsp3) is 0.0909. The highest BCUT2D eigenvalue weighted by Gasteiger charge is 2.06. The summed E-state index contributed by atoms with van der Waals surface area (Å²) >= 11 is 7.22. The number of amides is 1. The zero-order chi connectivity index (χ0) is 20.8. The summed E-state index contributed by atoms with van der Waals surface area (Å²) < 4.78 is 1.94. The van der Waals surface area contributed by atoms with Crippen LogP contribution in [0.1, 0.15) is 5.56 Å². The summed E-state index contributed by atoms with van der Waals surface area (Å²) in [7, 11) is 0. The highest BCUT2D eigenvalue weighted by Crippen LogP contribution is 2.21. The molecule has 1 N–H and O–H groups in total. The average molecular weight is 436 g/mol. The summed E-state index contributed by atoms with van der Waals surface area (Å²) in [5.74, 6) is 0.220. The number of aromatic nitrogens is 4. The van der Waals surface area contributed by atoms with Gasteiger partial charge in [-0.1, -0.05) is 47.6 Å². The molecule has 0 saturated carbocycles. The molecular weight excluding hydrogens is 418 g/mol. The lowest BCUT2D eigenvalue weighted by molar-refractivity contribution is -0.118. The molecule has 0 aliphatic heterocycles. The van der Waals surface area contributed by atoms with Crippen molar-refractivity contribution in [3.05, 3.63) is 90.0 Å². The Bertz CT molecular complexity index is 1100. The number of nitrogens with one attached hydrogen (secondary N) is 1. The maximum atomic E-state index is 12.1. The smallest absolute Gasteiger partial charge is 0.230 e. The summed E-state index contributed by atoms with van der Waals surface area (Å²) in [5, 5.41) is 12.8. The van der Waals surface area contributed by atoms with Gasteiger partial charge in [-0.25, -0.2) is 4.98 Å². The van der Waals surface area contributed by atoms with Crippen LogP contribution in [0.2, 0.25) is 5.02 Å². The minimum absolute atomic E-state index is 0.0593. The zero-order valence-electron chi connectivity index (χ0n) is 15.9. The van der Waals surface area contributed by atoms with E-state index in [1.807, 2.05) is 59.3 Å². The zero-order valence-corrected chi connectivity index (χ0v) is 17.5. The number of carbonyl (C=O) groups is 1. The number of nitrogens with zero attached hydrogens (tertiary/aromatic N) is 4. The predicted molar refractivity (Wildman–Crippen MR) is 119 cm³/mol. The Kier molecular flexibility index (Phi) is 6.41. The van der Waals surface area contributed by atoms with Crippen LogP contribution in [0.5, 0.6) is 0 Å². The van der Waals surface area contributed by atoms with Crippen LogP contribution in [0.3, 0.4) is 0 Å². The van der Waals surface area contributed by atoms with Crippen LogP contribution < -0.4 is 5.32 Å². The van der Waals surface area contributed by atoms with Gasteiger partial charge >= 0.3 is 0 Å². The van der Waals surface area contributed by atoms with Crippen molar-refractivity contribution in [2.75, 3.05) is 5.75 Å². The number of imidazole rings is 1. The molecule has 0 fully saturated rings. The van der Waals surface area contributed by atoms with E-state index in [9.17, 15) is 4.79 Å². The third-order valence-corrected chi connectivity index (χ3v) is 5.53. The van der Waals surface area contributed by atoms with Crippen LogP contribution in [-0.2, 0) is 11.3 Å². The fourth-order valence-electron chi connectivity index (χ4n) is 2.76. The van der Waals surface area contributed by atoms with Crippen molar-refractivity contribution in [3.63, 3.8) is 0 Å². The molecule has 0 aliphatic rings. The number of carbonyl (C=O) groups excluding carboxylic acids is 1. The molecule has 0 radical (unpaired) electrons. The third kappa shape index (κ3) is 5.25. The maximum Gasteiger partial charge on any atom is 0.230 e. The van der Waals surface area contributed by atoms with Gasteiger partial charge < -0.3 is 9.88 Å². The minimum Gasteiger partial charge on any atom is -0.351 e. The van der Waals surface area contributed by atoms with Crippen LogP contribution in [-0.4, -0.2) is 31.4 Å². The Hall–Kier alpha value is -3.16. The molecule has 2 heterocycles. The molecule has 6 nitrogen and oxygen atoms in total. The minimum atomic E-state index is -0.0593. The lowest BCUT2D eigenvalue weighted by atomic mass is 10.1. The number of thioether (sulfide) groups is 1. The molecular formula is C22H18ClN5OS. The molecule has 0 saturated heterocycles.